The van der Waals surface area contributed by atoms with E-state index >= 15 is 0 Å². The fourth-order valence-electron chi connectivity index (χ4n) is 14.6. The first-order chi connectivity index (χ1) is 58.4. The van der Waals surface area contributed by atoms with Crippen LogP contribution in [0.1, 0.15) is 213 Å². The molecule has 4 aliphatic heterocycles. The molecule has 634 valence electrons. The first-order valence-electron chi connectivity index (χ1n) is 41.2. The quantitative estimate of drug-likeness (QED) is 0.00863. The van der Waals surface area contributed by atoms with Crippen LogP contribution in [-0.2, 0) is 32.3 Å². The van der Waals surface area contributed by atoms with Crippen molar-refractivity contribution in [2.24, 2.45) is 0 Å². The second-order valence-corrected chi connectivity index (χ2v) is 32.0. The molecule has 0 radical (unpaired) electrons. The van der Waals surface area contributed by atoms with Gasteiger partial charge in [0, 0.05) is 182 Å². The molecular weight excluding hydrogens is 1560 g/mol. The zero-order valence-electron chi connectivity index (χ0n) is 70.5. The second-order valence-electron chi connectivity index (χ2n) is 29.3. The summed E-state index contributed by atoms with van der Waals surface area (Å²) < 4.78 is 51.1. The smallest absolute Gasteiger partial charge is 0.493 e. The van der Waals surface area contributed by atoms with Crippen molar-refractivity contribution in [3.8, 4) is 23.0 Å². The number of carbonyl (C=O) groups excluding carboxylic acids is 10. The highest BCUT2D eigenvalue weighted by Gasteiger charge is 2.43. The number of imide groups is 4. The fourth-order valence-corrected chi connectivity index (χ4v) is 17.2. The van der Waals surface area contributed by atoms with Crippen LogP contribution in [0.3, 0.4) is 0 Å². The predicted octanol–water partition coefficient (Wildman–Crippen LogP) is 17.9. The third-order valence-electron chi connectivity index (χ3n) is 20.3. The summed E-state index contributed by atoms with van der Waals surface area (Å²) in [5.41, 5.74) is 7.45. The van der Waals surface area contributed by atoms with Gasteiger partial charge in [-0.3, -0.25) is 53.1 Å². The van der Waals surface area contributed by atoms with E-state index in [0.29, 0.717) is 196 Å². The highest BCUT2D eigenvalue weighted by atomic mass is 28.4. The summed E-state index contributed by atoms with van der Waals surface area (Å²) in [5.74, 6) is -0.866. The molecule has 13 rings (SSSR count). The van der Waals surface area contributed by atoms with Crippen LogP contribution in [0.25, 0.3) is 43.1 Å². The SMILES string of the molecule is C=C(C)CCOc1ccc2c3c(cccc13)C(=O)N(CCCC)C2=O.C=C(C)CCOc1ccc2c3c(cccc13)C(=O)N(CCCCCC)C2=O.C=CC(=O)OCCCOc1ccc2c3c(cccc13)C(=O)N(CCC[Si](OCC)(OCC)OCC)C2=O.C=CC(=O)OCCCOc1ccc2c3c(cccc13)C(=O)N(c1nc(C)cc(C)n1)C2=O. The molecule has 25 nitrogen and oxygen atoms in total. The van der Waals surface area contributed by atoms with Crippen molar-refractivity contribution in [2.75, 3.05) is 84.0 Å². The van der Waals surface area contributed by atoms with E-state index in [1.807, 2.05) is 84.0 Å². The van der Waals surface area contributed by atoms with Gasteiger partial charge in [-0.25, -0.2) is 24.5 Å². The molecule has 8 aromatic carbocycles. The van der Waals surface area contributed by atoms with E-state index in [-0.39, 0.29) is 61.1 Å². The highest BCUT2D eigenvalue weighted by molar-refractivity contribution is 6.60. The van der Waals surface area contributed by atoms with Gasteiger partial charge in [-0.15, -0.1) is 13.2 Å². The van der Waals surface area contributed by atoms with Crippen molar-refractivity contribution in [1.82, 2.24) is 24.7 Å². The maximum atomic E-state index is 13.4. The van der Waals surface area contributed by atoms with Crippen molar-refractivity contribution in [3.05, 3.63) is 233 Å². The topological polar surface area (TPSA) is 293 Å². The first-order valence-corrected chi connectivity index (χ1v) is 43.2. The molecule has 8 amide bonds. The van der Waals surface area contributed by atoms with Crippen molar-refractivity contribution >= 4 is 117 Å². The first kappa shape index (κ1) is 91.0. The van der Waals surface area contributed by atoms with Crippen molar-refractivity contribution in [2.45, 2.75) is 139 Å². The monoisotopic (exact) mass is 1660 g/mol. The van der Waals surface area contributed by atoms with Crippen LogP contribution in [0, 0.1) is 13.8 Å². The molecule has 0 saturated carbocycles. The Hall–Kier alpha value is -12.4. The number of esters is 2. The molecule has 0 N–H and O–H groups in total. The van der Waals surface area contributed by atoms with Crippen molar-refractivity contribution in [3.63, 3.8) is 0 Å². The van der Waals surface area contributed by atoms with Gasteiger partial charge in [0.1, 0.15) is 23.0 Å². The zero-order chi connectivity index (χ0) is 87.0. The lowest BCUT2D eigenvalue weighted by Crippen LogP contribution is -2.47. The number of carbonyl (C=O) groups is 10. The van der Waals surface area contributed by atoms with Crippen LogP contribution < -0.4 is 23.8 Å². The minimum atomic E-state index is -2.88. The summed E-state index contributed by atoms with van der Waals surface area (Å²) in [7, 11) is -2.88. The van der Waals surface area contributed by atoms with Gasteiger partial charge >= 0.3 is 20.7 Å². The Morgan fingerprint density at radius 1 is 0.380 bits per heavy atom. The molecule has 4 aliphatic rings. The van der Waals surface area contributed by atoms with Crippen LogP contribution in [-0.4, -0.2) is 172 Å². The van der Waals surface area contributed by atoms with Gasteiger partial charge < -0.3 is 41.7 Å². The van der Waals surface area contributed by atoms with Gasteiger partial charge in [0.15, 0.2) is 0 Å². The largest absolute Gasteiger partial charge is 0.500 e. The van der Waals surface area contributed by atoms with Crippen LogP contribution in [0.5, 0.6) is 23.0 Å². The van der Waals surface area contributed by atoms with Crippen molar-refractivity contribution < 1.29 is 89.6 Å². The molecule has 26 heteroatoms. The van der Waals surface area contributed by atoms with E-state index in [1.54, 1.807) is 98.8 Å². The molecule has 0 spiro atoms. The number of ether oxygens (including phenoxy) is 6. The maximum Gasteiger partial charge on any atom is 0.500 e. The molecule has 121 heavy (non-hydrogen) atoms. The molecule has 0 fully saturated rings. The second kappa shape index (κ2) is 43.0. The number of benzene rings is 8. The molecule has 5 heterocycles. The van der Waals surface area contributed by atoms with E-state index in [2.05, 4.69) is 43.2 Å². The standard InChI is InChI=1S/C27H35NO8Si.C24H21N3O5.C23H27NO3.C21H23NO3/c1-5-24(29)33-18-11-17-32-23-15-14-22-25-20(23)12-9-13-21(25)26(30)28(27(22)31)16-10-19-37(34-6-2,35-7-3)36-8-4;1-4-20(28)32-12-6-11-31-19-10-9-18-21-16(19)7-5-8-17(21)22(29)27(23(18)30)24-25-14(2)13-15(3)26-24;1-4-5-6-7-14-24-22(25)18-10-8-9-17-20(27-15-13-16(2)3)12-11-19(21(17)18)23(24)26;1-4-5-12-22-20(23)16-8-6-7-15-18(25-13-11-14(2)3)10-9-17(19(15)16)21(22)24/h5,9,12-15H,1,6-8,10-11,16-19H2,2-4H3;4-5,7-10,13H,1,6,11-12H2,2-3H3;8-12H,2,4-7,13-15H2,1,3H3;6-10H,2,4-5,11-13H2,1,3H3. The van der Waals surface area contributed by atoms with Crippen molar-refractivity contribution in [1.29, 1.82) is 0 Å². The maximum absolute atomic E-state index is 13.4. The summed E-state index contributed by atoms with van der Waals surface area (Å²) in [5, 5.41) is 5.53. The molecule has 0 unspecified atom stereocenters. The summed E-state index contributed by atoms with van der Waals surface area (Å²) >= 11 is 0. The number of aryl methyl sites for hydroxylation is 2. The molecule has 0 saturated heterocycles. The number of hydrogen-bond donors (Lipinski definition) is 0. The number of anilines is 1. The zero-order valence-corrected chi connectivity index (χ0v) is 71.5. The summed E-state index contributed by atoms with van der Waals surface area (Å²) in [6.45, 7) is 36.5. The van der Waals surface area contributed by atoms with Gasteiger partial charge in [-0.2, -0.15) is 0 Å². The van der Waals surface area contributed by atoms with Crippen LogP contribution in [0.15, 0.2) is 177 Å². The van der Waals surface area contributed by atoms with Crippen LogP contribution in [0.4, 0.5) is 5.95 Å². The molecule has 1 aromatic heterocycles. The van der Waals surface area contributed by atoms with E-state index in [1.165, 1.54) is 14.7 Å². The summed E-state index contributed by atoms with van der Waals surface area (Å²) in [6, 6.07) is 38.0. The summed E-state index contributed by atoms with van der Waals surface area (Å²) in [4.78, 5) is 141. The fraction of sp³-hybridized carbons (Fsp3) is 0.347. The molecular formula is C95H106N6O19Si. The molecule has 9 aromatic rings. The Labute approximate surface area is 706 Å². The average molecular weight is 1660 g/mol. The lowest BCUT2D eigenvalue weighted by atomic mass is 9.93. The lowest BCUT2D eigenvalue weighted by Gasteiger charge is -2.31. The number of unbranched alkanes of at least 4 members (excludes halogenated alkanes) is 4. The Bertz CT molecular complexity index is 5340. The minimum absolute atomic E-state index is 0.0644. The predicted molar refractivity (Wildman–Crippen MR) is 466 cm³/mol. The Morgan fingerprint density at radius 2 is 0.694 bits per heavy atom. The van der Waals surface area contributed by atoms with Crippen LogP contribution >= 0.6 is 0 Å². The van der Waals surface area contributed by atoms with E-state index in [4.69, 9.17) is 41.7 Å². The molecule has 0 bridgehead atoms. The van der Waals surface area contributed by atoms with E-state index in [9.17, 15) is 47.9 Å². The number of nitrogens with zero attached hydrogens (tertiary/aromatic N) is 6. The number of hydrogen-bond acceptors (Lipinski definition) is 21. The number of rotatable bonds is 39. The minimum Gasteiger partial charge on any atom is -0.493 e. The van der Waals surface area contributed by atoms with Crippen LogP contribution in [0.2, 0.25) is 6.04 Å². The Kier molecular flexibility index (Phi) is 32.4. The average Bonchev–Trinajstić information content (AvgIpc) is 0.747. The lowest BCUT2D eigenvalue weighted by molar-refractivity contribution is -0.138. The van der Waals surface area contributed by atoms with Gasteiger partial charge in [-0.05, 0) is 147 Å². The van der Waals surface area contributed by atoms with Gasteiger partial charge in [0.05, 0.1) is 39.6 Å². The number of aromatic nitrogens is 2. The van der Waals surface area contributed by atoms with Gasteiger partial charge in [0.25, 0.3) is 47.3 Å². The Morgan fingerprint density at radius 3 is 1.02 bits per heavy atom. The summed E-state index contributed by atoms with van der Waals surface area (Å²) in [6.07, 6.45) is 11.1. The number of amides is 8. The van der Waals surface area contributed by atoms with Gasteiger partial charge in [-0.1, -0.05) is 112 Å². The molecule has 0 aliphatic carbocycles. The third kappa shape index (κ3) is 21.5. The molecule has 0 atom stereocenters. The van der Waals surface area contributed by atoms with E-state index < -0.39 is 32.6 Å². The van der Waals surface area contributed by atoms with Gasteiger partial charge in [0.2, 0.25) is 5.95 Å². The highest BCUT2D eigenvalue weighted by Crippen LogP contribution is 2.41. The normalized spacial score (nSPS) is 13.2. The van der Waals surface area contributed by atoms with E-state index in [0.717, 1.165) is 90.3 Å². The Balaban J connectivity index is 0.000000171. The third-order valence-corrected chi connectivity index (χ3v) is 23.5.